The second kappa shape index (κ2) is 8.57. The predicted octanol–water partition coefficient (Wildman–Crippen LogP) is 3.62. The molecule has 6 nitrogen and oxygen atoms in total. The number of alkyl halides is 2. The summed E-state index contributed by atoms with van der Waals surface area (Å²) in [5.74, 6) is 1.36. The van der Waals surface area contributed by atoms with Crippen molar-refractivity contribution < 1.29 is 27.8 Å². The van der Waals surface area contributed by atoms with E-state index in [2.05, 4.69) is 15.4 Å². The molecule has 0 saturated heterocycles. The number of urea groups is 1. The van der Waals surface area contributed by atoms with Gasteiger partial charge in [-0.25, -0.2) is 4.79 Å². The lowest BCUT2D eigenvalue weighted by molar-refractivity contribution is -0.0504. The summed E-state index contributed by atoms with van der Waals surface area (Å²) in [5, 5.41) is 5.44. The largest absolute Gasteiger partial charge is 0.486 e. The molecule has 1 aliphatic heterocycles. The molecule has 1 unspecified atom stereocenters. The number of amides is 2. The summed E-state index contributed by atoms with van der Waals surface area (Å²) in [5.41, 5.74) is 1.32. The molecule has 2 aromatic rings. The smallest absolute Gasteiger partial charge is 0.387 e. The molecule has 2 N–H and O–H groups in total. The maximum Gasteiger partial charge on any atom is 0.387 e. The van der Waals surface area contributed by atoms with Crippen LogP contribution in [-0.4, -0.2) is 25.9 Å². The van der Waals surface area contributed by atoms with E-state index in [-0.39, 0.29) is 18.3 Å². The van der Waals surface area contributed by atoms with Crippen LogP contribution in [0.15, 0.2) is 42.5 Å². The van der Waals surface area contributed by atoms with Gasteiger partial charge in [0.1, 0.15) is 19.0 Å². The second-order valence-corrected chi connectivity index (χ2v) is 5.94. The van der Waals surface area contributed by atoms with Crippen LogP contribution < -0.4 is 24.8 Å². The molecule has 0 fully saturated rings. The number of carbonyl (C=O) groups is 1. The number of rotatable bonds is 6. The Labute approximate surface area is 155 Å². The number of benzene rings is 2. The number of hydrogen-bond acceptors (Lipinski definition) is 4. The van der Waals surface area contributed by atoms with Gasteiger partial charge in [-0.15, -0.1) is 0 Å². The molecule has 3 rings (SSSR count). The Hall–Kier alpha value is -3.03. The summed E-state index contributed by atoms with van der Waals surface area (Å²) in [7, 11) is 0. The van der Waals surface area contributed by atoms with Crippen molar-refractivity contribution in [3.8, 4) is 17.2 Å². The zero-order chi connectivity index (χ0) is 19.2. The van der Waals surface area contributed by atoms with Gasteiger partial charge < -0.3 is 24.8 Å². The zero-order valence-electron chi connectivity index (χ0n) is 14.7. The summed E-state index contributed by atoms with van der Waals surface area (Å²) in [6.07, 6.45) is 0. The van der Waals surface area contributed by atoms with Gasteiger partial charge in [-0.3, -0.25) is 0 Å². The van der Waals surface area contributed by atoms with Crippen LogP contribution in [-0.2, 0) is 6.54 Å². The van der Waals surface area contributed by atoms with Crippen LogP contribution in [0.25, 0.3) is 0 Å². The average Bonchev–Trinajstić information content (AvgIpc) is 2.66. The van der Waals surface area contributed by atoms with Crippen molar-refractivity contribution in [3.05, 3.63) is 53.6 Å². The van der Waals surface area contributed by atoms with Gasteiger partial charge in [0.15, 0.2) is 11.5 Å². The number of carbonyl (C=O) groups excluding carboxylic acids is 1. The van der Waals surface area contributed by atoms with Crippen molar-refractivity contribution in [2.45, 2.75) is 26.1 Å². The topological polar surface area (TPSA) is 68.8 Å². The predicted molar refractivity (Wildman–Crippen MR) is 94.3 cm³/mol. The van der Waals surface area contributed by atoms with Crippen LogP contribution in [0.4, 0.5) is 13.6 Å². The highest BCUT2D eigenvalue weighted by Gasteiger charge is 2.16. The Morgan fingerprint density at radius 2 is 1.89 bits per heavy atom. The van der Waals surface area contributed by atoms with Crippen LogP contribution in [0.5, 0.6) is 17.2 Å². The van der Waals surface area contributed by atoms with Crippen LogP contribution >= 0.6 is 0 Å². The number of para-hydroxylation sites is 1. The highest BCUT2D eigenvalue weighted by molar-refractivity contribution is 5.74. The van der Waals surface area contributed by atoms with Gasteiger partial charge in [0.25, 0.3) is 0 Å². The molecule has 1 aliphatic rings. The van der Waals surface area contributed by atoms with Crippen molar-refractivity contribution in [1.29, 1.82) is 0 Å². The number of nitrogens with one attached hydrogen (secondary N) is 2. The minimum absolute atomic E-state index is 0.0349. The van der Waals surface area contributed by atoms with E-state index in [1.165, 1.54) is 6.07 Å². The minimum atomic E-state index is -2.92. The first-order chi connectivity index (χ1) is 13.0. The summed E-state index contributed by atoms with van der Waals surface area (Å²) < 4.78 is 40.3. The van der Waals surface area contributed by atoms with E-state index in [9.17, 15) is 13.6 Å². The fourth-order valence-corrected chi connectivity index (χ4v) is 2.70. The van der Waals surface area contributed by atoms with Crippen molar-refractivity contribution >= 4 is 6.03 Å². The minimum Gasteiger partial charge on any atom is -0.486 e. The molecule has 2 amide bonds. The van der Waals surface area contributed by atoms with Gasteiger partial charge in [-0.05, 0) is 30.7 Å². The third-order valence-electron chi connectivity index (χ3n) is 4.04. The summed E-state index contributed by atoms with van der Waals surface area (Å²) in [4.78, 5) is 12.2. The standard InChI is InChI=1S/C19H20F2N2O4/c1-12(13-6-7-16-17(10-13)26-9-8-25-16)23-19(24)22-11-14-4-2-3-5-15(14)27-18(20)21/h2-7,10,12,18H,8-9,11H2,1H3,(H2,22,23,24). The van der Waals surface area contributed by atoms with Crippen molar-refractivity contribution in [1.82, 2.24) is 10.6 Å². The monoisotopic (exact) mass is 378 g/mol. The summed E-state index contributed by atoms with van der Waals surface area (Å²) in [6, 6.07) is 11.1. The molecule has 27 heavy (non-hydrogen) atoms. The third-order valence-corrected chi connectivity index (χ3v) is 4.04. The van der Waals surface area contributed by atoms with Crippen molar-refractivity contribution in [3.63, 3.8) is 0 Å². The Bertz CT molecular complexity index is 801. The zero-order valence-corrected chi connectivity index (χ0v) is 14.7. The molecule has 0 spiro atoms. The molecule has 8 heteroatoms. The lowest BCUT2D eigenvalue weighted by atomic mass is 10.1. The van der Waals surface area contributed by atoms with Gasteiger partial charge in [0.05, 0.1) is 6.04 Å². The Kier molecular flexibility index (Phi) is 5.95. The lowest BCUT2D eigenvalue weighted by Crippen LogP contribution is -2.36. The van der Waals surface area contributed by atoms with Crippen molar-refractivity contribution in [2.75, 3.05) is 13.2 Å². The Balaban J connectivity index is 1.56. The summed E-state index contributed by atoms with van der Waals surface area (Å²) in [6.45, 7) is -0.0326. The van der Waals surface area contributed by atoms with E-state index >= 15 is 0 Å². The van der Waals surface area contributed by atoms with Gasteiger partial charge in [0.2, 0.25) is 0 Å². The molecular formula is C19H20F2N2O4. The molecule has 0 radical (unpaired) electrons. The number of ether oxygens (including phenoxy) is 3. The first kappa shape index (κ1) is 18.8. The molecule has 1 atom stereocenters. The van der Waals surface area contributed by atoms with Crippen molar-refractivity contribution in [2.24, 2.45) is 0 Å². The van der Waals surface area contributed by atoms with Crippen LogP contribution in [0.3, 0.4) is 0 Å². The highest BCUT2D eigenvalue weighted by Crippen LogP contribution is 2.32. The van der Waals surface area contributed by atoms with Gasteiger partial charge in [-0.1, -0.05) is 24.3 Å². The first-order valence-electron chi connectivity index (χ1n) is 8.49. The Morgan fingerprint density at radius 1 is 1.15 bits per heavy atom. The van der Waals surface area contributed by atoms with Gasteiger partial charge in [0, 0.05) is 12.1 Å². The van der Waals surface area contributed by atoms with E-state index < -0.39 is 12.6 Å². The van der Waals surface area contributed by atoms with Crippen LogP contribution in [0.1, 0.15) is 24.1 Å². The third kappa shape index (κ3) is 4.99. The molecule has 144 valence electrons. The molecule has 0 saturated carbocycles. The Morgan fingerprint density at radius 3 is 2.67 bits per heavy atom. The fraction of sp³-hybridized carbons (Fsp3) is 0.316. The van der Waals surface area contributed by atoms with E-state index in [0.29, 0.717) is 30.3 Å². The lowest BCUT2D eigenvalue weighted by Gasteiger charge is -2.21. The average molecular weight is 378 g/mol. The molecular weight excluding hydrogens is 358 g/mol. The van der Waals surface area contributed by atoms with Crippen LogP contribution in [0.2, 0.25) is 0 Å². The molecule has 1 heterocycles. The van der Waals surface area contributed by atoms with Crippen LogP contribution in [0, 0.1) is 0 Å². The molecule has 0 aliphatic carbocycles. The van der Waals surface area contributed by atoms with Gasteiger partial charge >= 0.3 is 12.6 Å². The maximum absolute atomic E-state index is 12.4. The second-order valence-electron chi connectivity index (χ2n) is 5.94. The van der Waals surface area contributed by atoms with E-state index in [1.54, 1.807) is 24.3 Å². The SMILES string of the molecule is CC(NC(=O)NCc1ccccc1OC(F)F)c1ccc2c(c1)OCCO2. The fourth-order valence-electron chi connectivity index (χ4n) is 2.70. The molecule has 0 bridgehead atoms. The molecule has 2 aromatic carbocycles. The number of fused-ring (bicyclic) bond motifs is 1. The normalized spacial score (nSPS) is 13.8. The quantitative estimate of drug-likeness (QED) is 0.806. The first-order valence-corrected chi connectivity index (χ1v) is 8.49. The maximum atomic E-state index is 12.4. The number of halogens is 2. The van der Waals surface area contributed by atoms with E-state index in [0.717, 1.165) is 5.56 Å². The van der Waals surface area contributed by atoms with E-state index in [4.69, 9.17) is 9.47 Å². The molecule has 0 aromatic heterocycles. The van der Waals surface area contributed by atoms with Gasteiger partial charge in [-0.2, -0.15) is 8.78 Å². The summed E-state index contributed by atoms with van der Waals surface area (Å²) >= 11 is 0. The highest BCUT2D eigenvalue weighted by atomic mass is 19.3. The number of hydrogen-bond donors (Lipinski definition) is 2. The van der Waals surface area contributed by atoms with E-state index in [1.807, 2.05) is 19.1 Å².